The predicted octanol–water partition coefficient (Wildman–Crippen LogP) is 5.04. The van der Waals surface area contributed by atoms with Crippen molar-refractivity contribution >= 4 is 28.8 Å². The van der Waals surface area contributed by atoms with Gasteiger partial charge in [-0.05, 0) is 48.4 Å². The Balaban J connectivity index is 1.85. The van der Waals surface area contributed by atoms with Crippen LogP contribution in [-0.4, -0.2) is 31.7 Å². The van der Waals surface area contributed by atoms with Gasteiger partial charge in [-0.15, -0.1) is 0 Å². The molecule has 0 saturated carbocycles. The van der Waals surface area contributed by atoms with E-state index in [1.807, 2.05) is 49.4 Å². The first-order chi connectivity index (χ1) is 15.1. The number of fused-ring (bicyclic) bond motifs is 1. The topological polar surface area (TPSA) is 85.4 Å². The van der Waals surface area contributed by atoms with Crippen molar-refractivity contribution in [2.24, 2.45) is 9.98 Å². The maximum atomic E-state index is 12.8. The second-order valence-electron chi connectivity index (χ2n) is 6.92. The average molecular weight is 417 g/mol. The molecule has 0 fully saturated rings. The first kappa shape index (κ1) is 20.4. The van der Waals surface area contributed by atoms with Crippen LogP contribution >= 0.6 is 0 Å². The Morgan fingerprint density at radius 3 is 2.39 bits per heavy atom. The van der Waals surface area contributed by atoms with Gasteiger partial charge in [0.05, 0.1) is 37.8 Å². The Labute approximate surface area is 180 Å². The molecule has 4 rings (SSSR count). The summed E-state index contributed by atoms with van der Waals surface area (Å²) in [7, 11) is 3.18. The molecule has 2 heterocycles. The van der Waals surface area contributed by atoms with Gasteiger partial charge < -0.3 is 19.2 Å². The van der Waals surface area contributed by atoms with Gasteiger partial charge in [0.25, 0.3) is 5.91 Å². The smallest absolute Gasteiger partial charge is 0.292 e. The highest BCUT2D eigenvalue weighted by Gasteiger charge is 2.29. The third-order valence-corrected chi connectivity index (χ3v) is 5.08. The molecule has 1 N–H and O–H groups in total. The molecule has 2 aromatic carbocycles. The zero-order valence-electron chi connectivity index (χ0n) is 17.6. The van der Waals surface area contributed by atoms with E-state index in [0.717, 1.165) is 17.0 Å². The maximum Gasteiger partial charge on any atom is 0.292 e. The van der Waals surface area contributed by atoms with Crippen LogP contribution in [0.2, 0.25) is 0 Å². The summed E-state index contributed by atoms with van der Waals surface area (Å²) in [6.07, 6.45) is 2.13. The van der Waals surface area contributed by atoms with Crippen molar-refractivity contribution in [3.8, 4) is 11.5 Å². The van der Waals surface area contributed by atoms with Crippen LogP contribution < -0.4 is 14.8 Å². The lowest BCUT2D eigenvalue weighted by atomic mass is 9.90. The predicted molar refractivity (Wildman–Crippen MR) is 119 cm³/mol. The summed E-state index contributed by atoms with van der Waals surface area (Å²) in [6, 6.07) is 16.5. The quantitative estimate of drug-likeness (QED) is 0.630. The Bertz CT molecular complexity index is 1150. The number of ether oxygens (including phenoxy) is 2. The summed E-state index contributed by atoms with van der Waals surface area (Å²) >= 11 is 0. The number of methoxy groups -OCH3 is 2. The number of nitrogens with zero attached hydrogens (tertiary/aromatic N) is 2. The molecule has 1 amide bonds. The molecule has 1 aliphatic rings. The molecule has 7 nitrogen and oxygen atoms in total. The second kappa shape index (κ2) is 8.87. The van der Waals surface area contributed by atoms with Crippen LogP contribution in [0.5, 0.6) is 11.5 Å². The van der Waals surface area contributed by atoms with E-state index < -0.39 is 0 Å². The van der Waals surface area contributed by atoms with Crippen LogP contribution in [0.1, 0.15) is 35.4 Å². The lowest BCUT2D eigenvalue weighted by Gasteiger charge is -2.21. The lowest BCUT2D eigenvalue weighted by Crippen LogP contribution is -2.37. The molecule has 158 valence electrons. The molecule has 3 aromatic rings. The number of rotatable bonds is 5. The van der Waals surface area contributed by atoms with E-state index in [2.05, 4.69) is 5.32 Å². The number of aliphatic imine (C=N–C) groups is 2. The molecule has 0 bridgehead atoms. The van der Waals surface area contributed by atoms with Crippen molar-refractivity contribution in [1.82, 2.24) is 5.32 Å². The van der Waals surface area contributed by atoms with Crippen molar-refractivity contribution in [2.45, 2.75) is 19.3 Å². The average Bonchev–Trinajstić information content (AvgIpc) is 3.29. The van der Waals surface area contributed by atoms with Gasteiger partial charge in [0.2, 0.25) is 0 Å². The molecule has 31 heavy (non-hydrogen) atoms. The molecule has 1 aliphatic heterocycles. The normalized spacial score (nSPS) is 15.3. The number of amides is 1. The largest absolute Gasteiger partial charge is 0.493 e. The number of carbonyl (C=O) groups excluding carboxylic acids is 1. The van der Waals surface area contributed by atoms with Gasteiger partial charge in [-0.3, -0.25) is 9.79 Å². The Hall–Kier alpha value is -3.87. The summed E-state index contributed by atoms with van der Waals surface area (Å²) in [4.78, 5) is 22.5. The highest BCUT2D eigenvalue weighted by Crippen LogP contribution is 2.37. The zero-order valence-corrected chi connectivity index (χ0v) is 17.6. The van der Waals surface area contributed by atoms with E-state index in [9.17, 15) is 4.79 Å². The van der Waals surface area contributed by atoms with Crippen molar-refractivity contribution in [3.05, 3.63) is 72.2 Å². The number of hydrogen-bond donors (Lipinski definition) is 1. The van der Waals surface area contributed by atoms with Crippen molar-refractivity contribution in [3.63, 3.8) is 0 Å². The summed E-state index contributed by atoms with van der Waals surface area (Å²) in [6.45, 7) is 2.03. The maximum absolute atomic E-state index is 12.8. The Kier molecular flexibility index (Phi) is 5.84. The second-order valence-corrected chi connectivity index (χ2v) is 6.92. The van der Waals surface area contributed by atoms with E-state index in [-0.39, 0.29) is 17.6 Å². The molecule has 1 aromatic heterocycles. The van der Waals surface area contributed by atoms with Crippen LogP contribution in [0.4, 0.5) is 11.4 Å². The number of amidine groups is 1. The number of para-hydroxylation sites is 2. The highest BCUT2D eigenvalue weighted by atomic mass is 16.5. The van der Waals surface area contributed by atoms with E-state index in [0.29, 0.717) is 29.4 Å². The molecule has 0 unspecified atom stereocenters. The Morgan fingerprint density at radius 2 is 1.74 bits per heavy atom. The van der Waals surface area contributed by atoms with Crippen LogP contribution in [0, 0.1) is 0 Å². The fourth-order valence-electron chi connectivity index (χ4n) is 3.58. The van der Waals surface area contributed by atoms with Crippen LogP contribution in [0.3, 0.4) is 0 Å². The number of hydrogen-bond acceptors (Lipinski definition) is 6. The first-order valence-corrected chi connectivity index (χ1v) is 9.96. The third-order valence-electron chi connectivity index (χ3n) is 5.08. The van der Waals surface area contributed by atoms with E-state index >= 15 is 0 Å². The summed E-state index contributed by atoms with van der Waals surface area (Å²) in [5.41, 5.74) is 3.19. The van der Waals surface area contributed by atoms with Crippen LogP contribution in [-0.2, 0) is 0 Å². The number of benzene rings is 2. The molecule has 0 spiro atoms. The minimum Gasteiger partial charge on any atom is -0.493 e. The number of furan rings is 1. The van der Waals surface area contributed by atoms with E-state index in [1.165, 1.54) is 6.26 Å². The molecular weight excluding hydrogens is 394 g/mol. The van der Waals surface area contributed by atoms with Crippen molar-refractivity contribution in [2.75, 3.05) is 14.2 Å². The minimum atomic E-state index is -0.379. The van der Waals surface area contributed by atoms with Gasteiger partial charge in [0.15, 0.2) is 17.3 Å². The van der Waals surface area contributed by atoms with Crippen molar-refractivity contribution in [1.29, 1.82) is 0 Å². The van der Waals surface area contributed by atoms with Crippen LogP contribution in [0.25, 0.3) is 0 Å². The summed E-state index contributed by atoms with van der Waals surface area (Å²) in [5, 5.41) is 2.95. The molecular formula is C24H23N3O4. The molecule has 7 heteroatoms. The first-order valence-electron chi connectivity index (χ1n) is 9.96. The van der Waals surface area contributed by atoms with Gasteiger partial charge in [-0.1, -0.05) is 25.1 Å². The van der Waals surface area contributed by atoms with Gasteiger partial charge in [0, 0.05) is 5.71 Å². The lowest BCUT2D eigenvalue weighted by molar-refractivity contribution is 0.0949. The number of carbonyl (C=O) groups is 1. The van der Waals surface area contributed by atoms with Gasteiger partial charge in [-0.25, -0.2) is 4.99 Å². The van der Waals surface area contributed by atoms with E-state index in [1.54, 1.807) is 26.4 Å². The minimum absolute atomic E-state index is 0.210. The van der Waals surface area contributed by atoms with Crippen LogP contribution in [0.15, 0.2) is 75.3 Å². The zero-order chi connectivity index (χ0) is 21.8. The molecule has 0 radical (unpaired) electrons. The highest BCUT2D eigenvalue weighted by molar-refractivity contribution is 6.19. The SMILES string of the molecule is CCC1=Nc2ccccc2N=C(NC(=O)c2ccco2)[C@H]1c1ccc(OC)c(OC)c1. The standard InChI is InChI=1S/C24H23N3O4/c1-4-16-22(15-11-12-19(29-2)21(14-15)30-3)23(27-24(28)20-10-7-13-31-20)26-18-9-6-5-8-17(18)25-16/h5-14,22H,4H2,1-3H3,(H,26,27,28)/t22-/m0/s1. The van der Waals surface area contributed by atoms with Crippen molar-refractivity contribution < 1.29 is 18.7 Å². The number of nitrogens with one attached hydrogen (secondary N) is 1. The monoisotopic (exact) mass is 417 g/mol. The molecule has 1 atom stereocenters. The van der Waals surface area contributed by atoms with Gasteiger partial charge in [0.1, 0.15) is 5.84 Å². The third kappa shape index (κ3) is 4.07. The molecule has 0 aliphatic carbocycles. The van der Waals surface area contributed by atoms with E-state index in [4.69, 9.17) is 23.9 Å². The summed E-state index contributed by atoms with van der Waals surface area (Å²) < 4.78 is 16.1. The fraction of sp³-hybridized carbons (Fsp3) is 0.208. The Morgan fingerprint density at radius 1 is 1.00 bits per heavy atom. The van der Waals surface area contributed by atoms with Gasteiger partial charge in [-0.2, -0.15) is 0 Å². The summed E-state index contributed by atoms with van der Waals surface area (Å²) in [5.74, 6) is 1.14. The fourth-order valence-corrected chi connectivity index (χ4v) is 3.58. The molecule has 0 saturated heterocycles. The van der Waals surface area contributed by atoms with Gasteiger partial charge >= 0.3 is 0 Å².